The van der Waals surface area contributed by atoms with Crippen molar-refractivity contribution in [1.82, 2.24) is 20.0 Å². The number of rotatable bonds is 5. The molecule has 1 N–H and O–H groups in total. The third kappa shape index (κ3) is 5.61. The Morgan fingerprint density at radius 1 is 1.33 bits per heavy atom. The fourth-order valence-electron chi connectivity index (χ4n) is 3.28. The second kappa shape index (κ2) is 10.6. The van der Waals surface area contributed by atoms with Crippen LogP contribution in [0.5, 0.6) is 0 Å². The molecule has 164 valence electrons. The van der Waals surface area contributed by atoms with Crippen LogP contribution in [0, 0.1) is 5.82 Å². The lowest BCUT2D eigenvalue weighted by Gasteiger charge is -2.35. The van der Waals surface area contributed by atoms with Gasteiger partial charge in [-0.2, -0.15) is 5.10 Å². The summed E-state index contributed by atoms with van der Waals surface area (Å²) in [5.74, 6) is 0.382. The summed E-state index contributed by atoms with van der Waals surface area (Å²) >= 11 is 0. The largest absolute Gasteiger partial charge is 0.375 e. The van der Waals surface area contributed by atoms with Crippen molar-refractivity contribution in [3.05, 3.63) is 42.0 Å². The number of nitrogens with one attached hydrogen (secondary N) is 1. The maximum absolute atomic E-state index is 14.2. The van der Waals surface area contributed by atoms with Crippen molar-refractivity contribution in [2.75, 3.05) is 50.1 Å². The summed E-state index contributed by atoms with van der Waals surface area (Å²) in [7, 11) is 5.44. The molecule has 30 heavy (non-hydrogen) atoms. The van der Waals surface area contributed by atoms with E-state index in [-0.39, 0.29) is 42.2 Å². The van der Waals surface area contributed by atoms with Gasteiger partial charge in [0.15, 0.2) is 5.96 Å². The molecule has 0 atom stereocenters. The van der Waals surface area contributed by atoms with Gasteiger partial charge in [-0.15, -0.1) is 24.0 Å². The molecule has 1 fully saturated rings. The number of benzene rings is 1. The molecule has 3 rings (SSSR count). The first-order valence-electron chi connectivity index (χ1n) is 9.67. The van der Waals surface area contributed by atoms with Crippen LogP contribution < -0.4 is 15.1 Å². The van der Waals surface area contributed by atoms with E-state index in [0.717, 1.165) is 11.3 Å². The van der Waals surface area contributed by atoms with Crippen LogP contribution in [0.25, 0.3) is 0 Å². The fourth-order valence-corrected chi connectivity index (χ4v) is 3.28. The van der Waals surface area contributed by atoms with Crippen molar-refractivity contribution in [3.63, 3.8) is 0 Å². The molecular weight excluding hydrogens is 500 g/mol. The molecule has 0 spiro atoms. The van der Waals surface area contributed by atoms with Crippen molar-refractivity contribution in [2.45, 2.75) is 13.5 Å². The molecule has 0 bridgehead atoms. The summed E-state index contributed by atoms with van der Waals surface area (Å²) in [4.78, 5) is 22.7. The smallest absolute Gasteiger partial charge is 0.246 e. The molecule has 0 radical (unpaired) electrons. The molecule has 1 saturated heterocycles. The lowest BCUT2D eigenvalue weighted by atomic mass is 10.2. The quantitative estimate of drug-likeness (QED) is 0.365. The zero-order valence-electron chi connectivity index (χ0n) is 17.8. The summed E-state index contributed by atoms with van der Waals surface area (Å²) in [6, 6.07) is 5.13. The Hall–Kier alpha value is -2.37. The monoisotopic (exact) mass is 529 g/mol. The Kier molecular flexibility index (Phi) is 8.44. The van der Waals surface area contributed by atoms with E-state index in [2.05, 4.69) is 15.4 Å². The van der Waals surface area contributed by atoms with E-state index < -0.39 is 0 Å². The highest BCUT2D eigenvalue weighted by atomic mass is 127. The minimum atomic E-state index is -0.270. The number of hydrogen-bond acceptors (Lipinski definition) is 4. The van der Waals surface area contributed by atoms with Gasteiger partial charge in [-0.1, -0.05) is 6.07 Å². The van der Waals surface area contributed by atoms with E-state index in [1.807, 2.05) is 45.2 Å². The van der Waals surface area contributed by atoms with Crippen molar-refractivity contribution >= 4 is 47.2 Å². The number of halogens is 2. The number of aromatic nitrogens is 2. The highest BCUT2D eigenvalue weighted by molar-refractivity contribution is 14.0. The van der Waals surface area contributed by atoms with Crippen molar-refractivity contribution < 1.29 is 9.18 Å². The van der Waals surface area contributed by atoms with Crippen LogP contribution in [-0.2, 0) is 18.4 Å². The summed E-state index contributed by atoms with van der Waals surface area (Å²) < 4.78 is 15.9. The Bertz CT molecular complexity index is 899. The average molecular weight is 529 g/mol. The molecule has 2 aromatic rings. The summed E-state index contributed by atoms with van der Waals surface area (Å²) in [5.41, 5.74) is 2.13. The second-order valence-electron chi connectivity index (χ2n) is 7.19. The van der Waals surface area contributed by atoms with Crippen LogP contribution in [0.15, 0.2) is 35.6 Å². The molecule has 1 aliphatic rings. The zero-order chi connectivity index (χ0) is 21.0. The Labute approximate surface area is 193 Å². The van der Waals surface area contributed by atoms with Gasteiger partial charge in [0, 0.05) is 47.0 Å². The number of carbonyl (C=O) groups excluding carboxylic acids is 1. The maximum atomic E-state index is 14.2. The van der Waals surface area contributed by atoms with Crippen LogP contribution in [0.2, 0.25) is 0 Å². The molecule has 1 aromatic heterocycles. The SMILES string of the molecule is CCNC(=NCc1ccc(N(C)C)c(F)c1)N1CCN(c2cnn(C)c2)C(=O)C1.I. The molecule has 8 nitrogen and oxygen atoms in total. The van der Waals surface area contributed by atoms with Gasteiger partial charge in [0.1, 0.15) is 12.4 Å². The predicted molar refractivity (Wildman–Crippen MR) is 128 cm³/mol. The van der Waals surface area contributed by atoms with Crippen LogP contribution in [0.1, 0.15) is 12.5 Å². The number of amides is 1. The first kappa shape index (κ1) is 23.9. The Balaban J connectivity index is 0.00000320. The minimum absolute atomic E-state index is 0. The number of anilines is 2. The van der Waals surface area contributed by atoms with Crippen LogP contribution in [-0.4, -0.2) is 66.8 Å². The number of hydrogen-bond donors (Lipinski definition) is 1. The van der Waals surface area contributed by atoms with E-state index in [1.54, 1.807) is 26.7 Å². The first-order valence-corrected chi connectivity index (χ1v) is 9.67. The number of aliphatic imine (C=N–C) groups is 1. The van der Waals surface area contributed by atoms with Crippen LogP contribution in [0.4, 0.5) is 15.8 Å². The Morgan fingerprint density at radius 3 is 2.67 bits per heavy atom. The van der Waals surface area contributed by atoms with Gasteiger partial charge in [0.05, 0.1) is 24.1 Å². The van der Waals surface area contributed by atoms with Crippen LogP contribution in [0.3, 0.4) is 0 Å². The Morgan fingerprint density at radius 2 is 2.10 bits per heavy atom. The minimum Gasteiger partial charge on any atom is -0.375 e. The number of piperazine rings is 1. The zero-order valence-corrected chi connectivity index (χ0v) is 20.1. The van der Waals surface area contributed by atoms with Gasteiger partial charge < -0.3 is 20.0 Å². The predicted octanol–water partition coefficient (Wildman–Crippen LogP) is 2.06. The maximum Gasteiger partial charge on any atom is 0.246 e. The molecule has 0 unspecified atom stereocenters. The van der Waals surface area contributed by atoms with E-state index >= 15 is 0 Å². The number of guanidine groups is 1. The highest BCUT2D eigenvalue weighted by Crippen LogP contribution is 2.19. The van der Waals surface area contributed by atoms with E-state index in [1.165, 1.54) is 6.07 Å². The summed E-state index contributed by atoms with van der Waals surface area (Å²) in [6.07, 6.45) is 3.53. The molecule has 1 aromatic carbocycles. The first-order chi connectivity index (χ1) is 13.9. The summed E-state index contributed by atoms with van der Waals surface area (Å²) in [5, 5.41) is 7.37. The number of aryl methyl sites for hydroxylation is 1. The third-order valence-corrected chi connectivity index (χ3v) is 4.76. The second-order valence-corrected chi connectivity index (χ2v) is 7.19. The molecule has 1 amide bonds. The fraction of sp³-hybridized carbons (Fsp3) is 0.450. The lowest BCUT2D eigenvalue weighted by Crippen LogP contribution is -2.55. The van der Waals surface area contributed by atoms with Gasteiger partial charge in [0.2, 0.25) is 5.91 Å². The van der Waals surface area contributed by atoms with Crippen LogP contribution >= 0.6 is 24.0 Å². The van der Waals surface area contributed by atoms with Gasteiger partial charge in [-0.3, -0.25) is 9.48 Å². The molecule has 0 aliphatic carbocycles. The lowest BCUT2D eigenvalue weighted by molar-refractivity contribution is -0.120. The number of carbonyl (C=O) groups is 1. The van der Waals surface area contributed by atoms with Crippen molar-refractivity contribution in [3.8, 4) is 0 Å². The third-order valence-electron chi connectivity index (χ3n) is 4.76. The average Bonchev–Trinajstić information content (AvgIpc) is 3.10. The van der Waals surface area contributed by atoms with Gasteiger partial charge in [-0.05, 0) is 24.6 Å². The van der Waals surface area contributed by atoms with Gasteiger partial charge in [0.25, 0.3) is 0 Å². The molecule has 0 saturated carbocycles. The molecule has 10 heteroatoms. The topological polar surface area (TPSA) is 69.0 Å². The van der Waals surface area contributed by atoms with Gasteiger partial charge >= 0.3 is 0 Å². The standard InChI is InChI=1S/C20H28FN7O.HI/c1-5-22-20(23-11-15-6-7-18(25(2)3)17(21)10-15)27-8-9-28(19(29)14-27)16-12-24-26(4)13-16;/h6-7,10,12-13H,5,8-9,11,14H2,1-4H3,(H,22,23);1H. The highest BCUT2D eigenvalue weighted by Gasteiger charge is 2.27. The number of nitrogens with zero attached hydrogens (tertiary/aromatic N) is 6. The molecule has 1 aliphatic heterocycles. The van der Waals surface area contributed by atoms with Crippen molar-refractivity contribution in [2.24, 2.45) is 12.0 Å². The molecule has 2 heterocycles. The van der Waals surface area contributed by atoms with E-state index in [9.17, 15) is 9.18 Å². The van der Waals surface area contributed by atoms with E-state index in [0.29, 0.717) is 37.8 Å². The summed E-state index contributed by atoms with van der Waals surface area (Å²) in [6.45, 7) is 4.44. The van der Waals surface area contributed by atoms with E-state index in [4.69, 9.17) is 0 Å². The van der Waals surface area contributed by atoms with Gasteiger partial charge in [-0.25, -0.2) is 9.38 Å². The van der Waals surface area contributed by atoms with Crippen molar-refractivity contribution in [1.29, 1.82) is 0 Å². The normalized spacial score (nSPS) is 14.6. The molecular formula is C20H29FIN7O.